The number of nitrogens with one attached hydrogen (secondary N) is 2. The number of imidazole rings is 1. The highest BCUT2D eigenvalue weighted by Gasteiger charge is 2.27. The molecule has 0 atom stereocenters. The van der Waals surface area contributed by atoms with Gasteiger partial charge in [0.05, 0.1) is 54.4 Å². The lowest BCUT2D eigenvalue weighted by atomic mass is 9.86. The first kappa shape index (κ1) is 21.7. The summed E-state index contributed by atoms with van der Waals surface area (Å²) < 4.78 is 6.89. The number of carbonyl (C=O) groups excluding carboxylic acids is 1. The summed E-state index contributed by atoms with van der Waals surface area (Å²) in [5.74, 6) is 0.447. The Balaban J connectivity index is 1.37. The summed E-state index contributed by atoms with van der Waals surface area (Å²) in [5, 5.41) is 6.76. The van der Waals surface area contributed by atoms with Crippen LogP contribution in [-0.2, 0) is 9.53 Å². The first-order valence-electron chi connectivity index (χ1n) is 11.3. The van der Waals surface area contributed by atoms with Gasteiger partial charge in [0.1, 0.15) is 12.0 Å². The fourth-order valence-corrected chi connectivity index (χ4v) is 4.35. The molecule has 1 fully saturated rings. The van der Waals surface area contributed by atoms with Crippen molar-refractivity contribution in [1.82, 2.24) is 29.3 Å². The SMILES string of the molecule is COC(=O)C1CCC(Nc2ncc(C)c(-c3cnc4ccc(Nc5cncnc5)cn34)n2)CC1. The Morgan fingerprint density at radius 2 is 1.82 bits per heavy atom. The standard InChI is InChI=1S/C24H26N8O2/c1-15-9-28-24(30-17-5-3-16(4-6-17)23(33)34-2)31-22(15)20-12-27-21-8-7-18(13-32(20)21)29-19-10-25-14-26-11-19/h7-14,16-17,29H,3-6H2,1-2H3,(H,28,30,31). The molecule has 0 radical (unpaired) electrons. The largest absolute Gasteiger partial charge is 0.469 e. The Morgan fingerprint density at radius 3 is 2.59 bits per heavy atom. The van der Waals surface area contributed by atoms with E-state index in [9.17, 15) is 4.79 Å². The lowest BCUT2D eigenvalue weighted by molar-refractivity contribution is -0.146. The fraction of sp³-hybridized carbons (Fsp3) is 0.333. The van der Waals surface area contributed by atoms with Crippen LogP contribution < -0.4 is 10.6 Å². The number of anilines is 3. The van der Waals surface area contributed by atoms with Crippen molar-refractivity contribution in [2.45, 2.75) is 38.6 Å². The van der Waals surface area contributed by atoms with E-state index in [2.05, 4.69) is 30.6 Å². The highest BCUT2D eigenvalue weighted by Crippen LogP contribution is 2.29. The van der Waals surface area contributed by atoms with Gasteiger partial charge in [0, 0.05) is 18.4 Å². The van der Waals surface area contributed by atoms with E-state index < -0.39 is 0 Å². The number of hydrogen-bond acceptors (Lipinski definition) is 9. The van der Waals surface area contributed by atoms with E-state index in [1.54, 1.807) is 12.4 Å². The number of methoxy groups -OCH3 is 1. The molecular weight excluding hydrogens is 432 g/mol. The average molecular weight is 459 g/mol. The van der Waals surface area contributed by atoms with Gasteiger partial charge in [-0.1, -0.05) is 0 Å². The number of esters is 1. The Bertz CT molecular complexity index is 1300. The van der Waals surface area contributed by atoms with Gasteiger partial charge >= 0.3 is 5.97 Å². The van der Waals surface area contributed by atoms with Crippen LogP contribution in [0, 0.1) is 12.8 Å². The molecule has 174 valence electrons. The summed E-state index contributed by atoms with van der Waals surface area (Å²) in [5.41, 5.74) is 5.15. The van der Waals surface area contributed by atoms with E-state index in [-0.39, 0.29) is 17.9 Å². The molecule has 0 unspecified atom stereocenters. The predicted octanol–water partition coefficient (Wildman–Crippen LogP) is 3.78. The molecule has 0 bridgehead atoms. The summed E-state index contributed by atoms with van der Waals surface area (Å²) in [6, 6.07) is 4.14. The van der Waals surface area contributed by atoms with Gasteiger partial charge in [-0.3, -0.25) is 9.20 Å². The molecule has 1 aliphatic rings. The summed E-state index contributed by atoms with van der Waals surface area (Å²) in [7, 11) is 1.45. The van der Waals surface area contributed by atoms with Gasteiger partial charge in [-0.05, 0) is 50.3 Å². The molecule has 0 aromatic carbocycles. The smallest absolute Gasteiger partial charge is 0.308 e. The molecule has 34 heavy (non-hydrogen) atoms. The number of pyridine rings is 1. The number of nitrogens with zero attached hydrogens (tertiary/aromatic N) is 6. The second kappa shape index (κ2) is 9.42. The summed E-state index contributed by atoms with van der Waals surface area (Å²) >= 11 is 0. The zero-order chi connectivity index (χ0) is 23.5. The van der Waals surface area contributed by atoms with E-state index in [0.717, 1.165) is 59.7 Å². The minimum Gasteiger partial charge on any atom is -0.469 e. The molecule has 10 heteroatoms. The van der Waals surface area contributed by atoms with Gasteiger partial charge in [0.15, 0.2) is 0 Å². The van der Waals surface area contributed by atoms with Gasteiger partial charge in [-0.15, -0.1) is 0 Å². The Kier molecular flexibility index (Phi) is 6.03. The van der Waals surface area contributed by atoms with Crippen LogP contribution in [0.5, 0.6) is 0 Å². The van der Waals surface area contributed by atoms with Gasteiger partial charge in [0.2, 0.25) is 5.95 Å². The topological polar surface area (TPSA) is 119 Å². The Labute approximate surface area is 196 Å². The summed E-state index contributed by atoms with van der Waals surface area (Å²) in [6.07, 6.45) is 13.9. The zero-order valence-electron chi connectivity index (χ0n) is 19.1. The van der Waals surface area contributed by atoms with Crippen molar-refractivity contribution in [2.75, 3.05) is 17.7 Å². The molecule has 10 nitrogen and oxygen atoms in total. The zero-order valence-corrected chi connectivity index (χ0v) is 19.1. The maximum atomic E-state index is 11.8. The van der Waals surface area contributed by atoms with E-state index in [1.165, 1.54) is 13.4 Å². The van der Waals surface area contributed by atoms with Gasteiger partial charge in [-0.25, -0.2) is 24.9 Å². The van der Waals surface area contributed by atoms with Gasteiger partial charge in [0.25, 0.3) is 0 Å². The molecule has 0 amide bonds. The van der Waals surface area contributed by atoms with Crippen LogP contribution in [0.15, 0.2) is 49.4 Å². The molecule has 0 aliphatic heterocycles. The third-order valence-corrected chi connectivity index (χ3v) is 6.16. The van der Waals surface area contributed by atoms with E-state index in [4.69, 9.17) is 9.72 Å². The number of hydrogen-bond donors (Lipinski definition) is 2. The number of ether oxygens (including phenoxy) is 1. The predicted molar refractivity (Wildman–Crippen MR) is 128 cm³/mol. The van der Waals surface area contributed by atoms with Crippen LogP contribution in [0.1, 0.15) is 31.2 Å². The molecule has 0 spiro atoms. The quantitative estimate of drug-likeness (QED) is 0.416. The Morgan fingerprint density at radius 1 is 1.03 bits per heavy atom. The molecule has 4 heterocycles. The van der Waals surface area contributed by atoms with Crippen molar-refractivity contribution < 1.29 is 9.53 Å². The first-order chi connectivity index (χ1) is 16.6. The van der Waals surface area contributed by atoms with Crippen molar-refractivity contribution in [2.24, 2.45) is 5.92 Å². The number of carbonyl (C=O) groups is 1. The van der Waals surface area contributed by atoms with Crippen molar-refractivity contribution in [1.29, 1.82) is 0 Å². The molecule has 2 N–H and O–H groups in total. The third-order valence-electron chi connectivity index (χ3n) is 6.16. The van der Waals surface area contributed by atoms with Crippen LogP contribution in [0.3, 0.4) is 0 Å². The summed E-state index contributed by atoms with van der Waals surface area (Å²) in [6.45, 7) is 1.99. The normalized spacial score (nSPS) is 17.9. The van der Waals surface area contributed by atoms with Crippen molar-refractivity contribution >= 4 is 28.9 Å². The van der Waals surface area contributed by atoms with E-state index >= 15 is 0 Å². The first-order valence-corrected chi connectivity index (χ1v) is 11.3. The van der Waals surface area contributed by atoms with Crippen LogP contribution in [0.2, 0.25) is 0 Å². The van der Waals surface area contributed by atoms with Gasteiger partial charge < -0.3 is 15.4 Å². The average Bonchev–Trinajstić information content (AvgIpc) is 3.29. The number of rotatable bonds is 6. The van der Waals surface area contributed by atoms with Crippen molar-refractivity contribution in [3.63, 3.8) is 0 Å². The monoisotopic (exact) mass is 458 g/mol. The molecule has 1 saturated carbocycles. The Hall–Kier alpha value is -4.08. The van der Waals surface area contributed by atoms with Crippen molar-refractivity contribution in [3.05, 3.63) is 55.0 Å². The van der Waals surface area contributed by atoms with Crippen LogP contribution in [0.25, 0.3) is 17.0 Å². The maximum Gasteiger partial charge on any atom is 0.308 e. The minimum absolute atomic E-state index is 0.0130. The lowest BCUT2D eigenvalue weighted by Gasteiger charge is -2.27. The number of aromatic nitrogens is 6. The highest BCUT2D eigenvalue weighted by atomic mass is 16.5. The lowest BCUT2D eigenvalue weighted by Crippen LogP contribution is -2.30. The maximum absolute atomic E-state index is 11.8. The number of aryl methyl sites for hydroxylation is 1. The highest BCUT2D eigenvalue weighted by molar-refractivity contribution is 5.72. The molecule has 4 aromatic heterocycles. The third kappa shape index (κ3) is 4.52. The molecule has 4 aromatic rings. The second-order valence-corrected chi connectivity index (χ2v) is 8.48. The van der Waals surface area contributed by atoms with E-state index in [0.29, 0.717) is 5.95 Å². The minimum atomic E-state index is -0.117. The second-order valence-electron chi connectivity index (χ2n) is 8.48. The van der Waals surface area contributed by atoms with Crippen LogP contribution in [-0.4, -0.2) is 48.4 Å². The number of fused-ring (bicyclic) bond motifs is 1. The van der Waals surface area contributed by atoms with Crippen LogP contribution in [0.4, 0.5) is 17.3 Å². The van der Waals surface area contributed by atoms with Crippen molar-refractivity contribution in [3.8, 4) is 11.4 Å². The van der Waals surface area contributed by atoms with Gasteiger partial charge in [-0.2, -0.15) is 0 Å². The molecule has 1 aliphatic carbocycles. The van der Waals surface area contributed by atoms with Crippen LogP contribution >= 0.6 is 0 Å². The fourth-order valence-electron chi connectivity index (χ4n) is 4.35. The molecule has 0 saturated heterocycles. The summed E-state index contributed by atoms with van der Waals surface area (Å²) in [4.78, 5) is 33.8. The molecular formula is C24H26N8O2. The van der Waals surface area contributed by atoms with E-state index in [1.807, 2.05) is 42.0 Å². The molecule has 5 rings (SSSR count).